The number of carboxylic acid groups (broad SMARTS) is 1. The van der Waals surface area contributed by atoms with Gasteiger partial charge in [-0.2, -0.15) is 8.42 Å². The Morgan fingerprint density at radius 2 is 2.00 bits per heavy atom. The van der Waals surface area contributed by atoms with Gasteiger partial charge < -0.3 is 14.9 Å². The highest BCUT2D eigenvalue weighted by Crippen LogP contribution is 2.22. The molecule has 0 aliphatic heterocycles. The SMILES string of the molecule is CCOC(=O)NS(=O)(=O)Nc1ccc(O)cc1C(=O)O. The van der Waals surface area contributed by atoms with Gasteiger partial charge in [0, 0.05) is 0 Å². The van der Waals surface area contributed by atoms with Gasteiger partial charge in [-0.1, -0.05) is 0 Å². The third-order valence-electron chi connectivity index (χ3n) is 1.97. The van der Waals surface area contributed by atoms with Crippen molar-refractivity contribution in [3.63, 3.8) is 0 Å². The van der Waals surface area contributed by atoms with E-state index in [2.05, 4.69) is 4.74 Å². The van der Waals surface area contributed by atoms with Crippen LogP contribution in [0.25, 0.3) is 0 Å². The highest BCUT2D eigenvalue weighted by molar-refractivity contribution is 7.91. The number of ether oxygens (including phenoxy) is 1. The molecule has 0 bridgehead atoms. The fraction of sp³-hybridized carbons (Fsp3) is 0.200. The van der Waals surface area contributed by atoms with Crippen LogP contribution >= 0.6 is 0 Å². The van der Waals surface area contributed by atoms with Gasteiger partial charge in [0.1, 0.15) is 5.75 Å². The smallest absolute Gasteiger partial charge is 0.422 e. The Morgan fingerprint density at radius 1 is 1.35 bits per heavy atom. The molecule has 20 heavy (non-hydrogen) atoms. The summed E-state index contributed by atoms with van der Waals surface area (Å²) in [5, 5.41) is 18.1. The van der Waals surface area contributed by atoms with Crippen molar-refractivity contribution in [1.82, 2.24) is 4.72 Å². The number of carbonyl (C=O) groups is 2. The van der Waals surface area contributed by atoms with Crippen LogP contribution in [0.4, 0.5) is 10.5 Å². The van der Waals surface area contributed by atoms with Crippen molar-refractivity contribution >= 4 is 28.0 Å². The molecule has 0 aliphatic carbocycles. The van der Waals surface area contributed by atoms with E-state index >= 15 is 0 Å². The van der Waals surface area contributed by atoms with Crippen LogP contribution in [0.1, 0.15) is 17.3 Å². The van der Waals surface area contributed by atoms with Crippen LogP contribution in [0.15, 0.2) is 18.2 Å². The first kappa shape index (κ1) is 15.6. The number of phenolic OH excluding ortho intramolecular Hbond substituents is 1. The zero-order valence-electron chi connectivity index (χ0n) is 10.3. The summed E-state index contributed by atoms with van der Waals surface area (Å²) in [4.78, 5) is 21.9. The second-order valence-corrected chi connectivity index (χ2v) is 4.88. The second-order valence-electron chi connectivity index (χ2n) is 3.46. The monoisotopic (exact) mass is 304 g/mol. The highest BCUT2D eigenvalue weighted by Gasteiger charge is 2.19. The minimum absolute atomic E-state index is 0.0268. The van der Waals surface area contributed by atoms with Crippen molar-refractivity contribution in [2.24, 2.45) is 0 Å². The zero-order valence-corrected chi connectivity index (χ0v) is 11.1. The van der Waals surface area contributed by atoms with E-state index < -0.39 is 27.8 Å². The molecular formula is C10H12N2O7S. The van der Waals surface area contributed by atoms with Crippen LogP contribution in [-0.2, 0) is 14.9 Å². The van der Waals surface area contributed by atoms with Gasteiger partial charge in [-0.15, -0.1) is 0 Å². The summed E-state index contributed by atoms with van der Waals surface area (Å²) in [6.07, 6.45) is -1.20. The molecule has 0 aromatic heterocycles. The van der Waals surface area contributed by atoms with E-state index in [-0.39, 0.29) is 18.0 Å². The van der Waals surface area contributed by atoms with Gasteiger partial charge >= 0.3 is 22.3 Å². The van der Waals surface area contributed by atoms with Crippen LogP contribution in [0, 0.1) is 0 Å². The number of hydrogen-bond donors (Lipinski definition) is 4. The number of amides is 1. The molecule has 0 saturated heterocycles. The van der Waals surface area contributed by atoms with Crippen molar-refractivity contribution < 1.29 is 33.0 Å². The topological polar surface area (TPSA) is 142 Å². The van der Waals surface area contributed by atoms with Gasteiger partial charge in [0.25, 0.3) is 0 Å². The molecule has 1 aromatic carbocycles. The molecule has 10 heteroatoms. The third kappa shape index (κ3) is 4.31. The zero-order chi connectivity index (χ0) is 15.3. The van der Waals surface area contributed by atoms with E-state index in [1.807, 2.05) is 4.72 Å². The first-order valence-corrected chi connectivity index (χ1v) is 6.77. The molecule has 0 heterocycles. The van der Waals surface area contributed by atoms with Gasteiger partial charge in [-0.05, 0) is 25.1 Å². The van der Waals surface area contributed by atoms with E-state index in [1.165, 1.54) is 11.6 Å². The molecule has 0 fully saturated rings. The van der Waals surface area contributed by atoms with Crippen LogP contribution in [0.3, 0.4) is 0 Å². The number of aromatic carboxylic acids is 1. The minimum atomic E-state index is -4.34. The maximum Gasteiger partial charge on any atom is 0.422 e. The summed E-state index contributed by atoms with van der Waals surface area (Å²) in [6, 6.07) is 3.00. The normalized spacial score (nSPS) is 10.7. The predicted octanol–water partition coefficient (Wildman–Crippen LogP) is 0.493. The molecule has 0 unspecified atom stereocenters. The summed E-state index contributed by atoms with van der Waals surface area (Å²) in [6.45, 7) is 1.46. The Hall–Kier alpha value is -2.49. The number of carboxylic acids is 1. The van der Waals surface area contributed by atoms with Crippen molar-refractivity contribution in [3.05, 3.63) is 23.8 Å². The van der Waals surface area contributed by atoms with Gasteiger partial charge in [-0.25, -0.2) is 14.3 Å². The quantitative estimate of drug-likeness (QED) is 0.580. The second kappa shape index (κ2) is 6.10. The lowest BCUT2D eigenvalue weighted by Crippen LogP contribution is -2.36. The molecule has 1 amide bonds. The Bertz CT molecular complexity index is 626. The Morgan fingerprint density at radius 3 is 2.55 bits per heavy atom. The molecular weight excluding hydrogens is 292 g/mol. The summed E-state index contributed by atoms with van der Waals surface area (Å²) in [7, 11) is -4.34. The fourth-order valence-electron chi connectivity index (χ4n) is 1.24. The average molecular weight is 304 g/mol. The van der Waals surface area contributed by atoms with E-state index in [0.29, 0.717) is 0 Å². The summed E-state index contributed by atoms with van der Waals surface area (Å²) >= 11 is 0. The summed E-state index contributed by atoms with van der Waals surface area (Å²) in [5.74, 6) is -1.79. The predicted molar refractivity (Wildman–Crippen MR) is 67.8 cm³/mol. The highest BCUT2D eigenvalue weighted by atomic mass is 32.2. The number of aromatic hydroxyl groups is 1. The number of benzene rings is 1. The number of nitrogens with one attached hydrogen (secondary N) is 2. The van der Waals surface area contributed by atoms with E-state index in [9.17, 15) is 18.0 Å². The molecule has 0 saturated carbocycles. The van der Waals surface area contributed by atoms with Gasteiger partial charge in [0.15, 0.2) is 0 Å². The molecule has 9 nitrogen and oxygen atoms in total. The number of carbonyl (C=O) groups excluding carboxylic acids is 1. The number of rotatable bonds is 5. The molecule has 0 spiro atoms. The molecule has 1 rings (SSSR count). The number of anilines is 1. The van der Waals surface area contributed by atoms with Crippen LogP contribution in [-0.4, -0.2) is 37.3 Å². The average Bonchev–Trinajstić information content (AvgIpc) is 2.30. The molecule has 4 N–H and O–H groups in total. The third-order valence-corrected chi connectivity index (χ3v) is 2.90. The Balaban J connectivity index is 2.98. The lowest BCUT2D eigenvalue weighted by Gasteiger charge is -2.11. The minimum Gasteiger partial charge on any atom is -0.508 e. The standard InChI is InChI=1S/C10H12N2O7S/c1-2-19-10(16)12-20(17,18)11-8-4-3-6(13)5-7(8)9(14)15/h3-5,11,13H,2H2,1H3,(H,12,16)(H,14,15). The largest absolute Gasteiger partial charge is 0.508 e. The summed E-state index contributed by atoms with van der Waals surface area (Å²) in [5.41, 5.74) is -0.786. The fourth-order valence-corrected chi connectivity index (χ4v) is 2.04. The lowest BCUT2D eigenvalue weighted by molar-refractivity contribution is 0.0697. The van der Waals surface area contributed by atoms with Crippen molar-refractivity contribution in [3.8, 4) is 5.75 Å². The Labute approximate surface area is 114 Å². The van der Waals surface area contributed by atoms with E-state index in [4.69, 9.17) is 10.2 Å². The van der Waals surface area contributed by atoms with Crippen molar-refractivity contribution in [1.29, 1.82) is 0 Å². The van der Waals surface area contributed by atoms with Crippen molar-refractivity contribution in [2.75, 3.05) is 11.3 Å². The van der Waals surface area contributed by atoms with Crippen LogP contribution in [0.5, 0.6) is 5.75 Å². The Kier molecular flexibility index (Phi) is 4.75. The molecule has 0 radical (unpaired) electrons. The van der Waals surface area contributed by atoms with Crippen LogP contribution in [0.2, 0.25) is 0 Å². The molecule has 0 atom stereocenters. The van der Waals surface area contributed by atoms with E-state index in [1.54, 1.807) is 0 Å². The summed E-state index contributed by atoms with van der Waals surface area (Å²) < 4.78 is 30.9. The van der Waals surface area contributed by atoms with Crippen LogP contribution < -0.4 is 9.44 Å². The lowest BCUT2D eigenvalue weighted by atomic mass is 10.2. The van der Waals surface area contributed by atoms with Gasteiger partial charge in [0.2, 0.25) is 0 Å². The van der Waals surface area contributed by atoms with Gasteiger partial charge in [0.05, 0.1) is 17.9 Å². The molecule has 0 aliphatic rings. The number of hydrogen-bond acceptors (Lipinski definition) is 6. The maximum atomic E-state index is 11.6. The molecule has 110 valence electrons. The van der Waals surface area contributed by atoms with Gasteiger partial charge in [-0.3, -0.25) is 4.72 Å². The maximum absolute atomic E-state index is 11.6. The first-order valence-electron chi connectivity index (χ1n) is 5.28. The molecule has 1 aromatic rings. The van der Waals surface area contributed by atoms with Crippen molar-refractivity contribution in [2.45, 2.75) is 6.92 Å². The first-order chi connectivity index (χ1) is 9.25. The van der Waals surface area contributed by atoms with E-state index in [0.717, 1.165) is 18.2 Å². The number of phenols is 1.